The second-order valence-corrected chi connectivity index (χ2v) is 7.17. The number of nitrogens with one attached hydrogen (secondary N) is 1. The van der Waals surface area contributed by atoms with E-state index in [4.69, 9.17) is 11.6 Å². The lowest BCUT2D eigenvalue weighted by molar-refractivity contribution is 0.0985. The van der Waals surface area contributed by atoms with Gasteiger partial charge in [0.2, 0.25) is 0 Å². The van der Waals surface area contributed by atoms with E-state index in [2.05, 4.69) is 4.98 Å². The molecule has 1 aromatic carbocycles. The summed E-state index contributed by atoms with van der Waals surface area (Å²) in [6, 6.07) is 7.19. The van der Waals surface area contributed by atoms with Crippen LogP contribution in [-0.4, -0.2) is 25.9 Å². The number of amides is 1. The highest BCUT2D eigenvalue weighted by Gasteiger charge is 2.31. The van der Waals surface area contributed by atoms with Crippen molar-refractivity contribution in [3.8, 4) is 0 Å². The van der Waals surface area contributed by atoms with E-state index in [1.54, 1.807) is 12.1 Å². The molecule has 1 amide bonds. The Balaban J connectivity index is 1.86. The van der Waals surface area contributed by atoms with Crippen LogP contribution < -0.4 is 9.03 Å². The number of benzene rings is 1. The summed E-state index contributed by atoms with van der Waals surface area (Å²) in [5.41, 5.74) is 2.91. The van der Waals surface area contributed by atoms with Gasteiger partial charge in [-0.25, -0.2) is 9.71 Å². The van der Waals surface area contributed by atoms with E-state index in [0.717, 1.165) is 16.9 Å². The van der Waals surface area contributed by atoms with E-state index in [1.807, 2.05) is 16.9 Å². The standard InChI is InChI=1S/C12H10ClN3O3S2/c13-11-10(20-7-14-11)12(17)15-21(18,19)16-6-5-8-3-1-2-4-9(8)16/h1-4,7H,5-6H2,(H,15,17). The van der Waals surface area contributed by atoms with Crippen LogP contribution in [0.15, 0.2) is 29.8 Å². The van der Waals surface area contributed by atoms with Gasteiger partial charge in [-0.05, 0) is 18.1 Å². The van der Waals surface area contributed by atoms with Crippen molar-refractivity contribution >= 4 is 44.7 Å². The van der Waals surface area contributed by atoms with Crippen molar-refractivity contribution < 1.29 is 13.2 Å². The fourth-order valence-electron chi connectivity index (χ4n) is 2.16. The number of anilines is 1. The fraction of sp³-hybridized carbons (Fsp3) is 0.167. The largest absolute Gasteiger partial charge is 0.326 e. The Kier molecular flexibility index (Phi) is 3.60. The average molecular weight is 344 g/mol. The third-order valence-electron chi connectivity index (χ3n) is 3.09. The van der Waals surface area contributed by atoms with Gasteiger partial charge in [-0.2, -0.15) is 8.42 Å². The Bertz CT molecular complexity index is 804. The maximum absolute atomic E-state index is 12.3. The first-order valence-corrected chi connectivity index (χ1v) is 8.70. The number of hydrogen-bond acceptors (Lipinski definition) is 5. The molecule has 0 unspecified atom stereocenters. The molecule has 21 heavy (non-hydrogen) atoms. The zero-order chi connectivity index (χ0) is 15.0. The van der Waals surface area contributed by atoms with Crippen LogP contribution in [0, 0.1) is 0 Å². The minimum Gasteiger partial charge on any atom is -0.267 e. The molecule has 0 saturated heterocycles. The predicted octanol–water partition coefficient (Wildman–Crippen LogP) is 1.83. The van der Waals surface area contributed by atoms with Crippen molar-refractivity contribution in [2.45, 2.75) is 6.42 Å². The Labute approximate surface area is 130 Å². The molecule has 1 aliphatic rings. The summed E-state index contributed by atoms with van der Waals surface area (Å²) >= 11 is 6.72. The van der Waals surface area contributed by atoms with Crippen molar-refractivity contribution in [2.24, 2.45) is 0 Å². The minimum atomic E-state index is -3.96. The SMILES string of the molecule is O=C(NS(=O)(=O)N1CCc2ccccc21)c1scnc1Cl. The predicted molar refractivity (Wildman–Crippen MR) is 81.0 cm³/mol. The van der Waals surface area contributed by atoms with Crippen molar-refractivity contribution in [1.29, 1.82) is 0 Å². The maximum atomic E-state index is 12.3. The maximum Gasteiger partial charge on any atom is 0.326 e. The monoisotopic (exact) mass is 343 g/mol. The van der Waals surface area contributed by atoms with Crippen LogP contribution >= 0.6 is 22.9 Å². The Morgan fingerprint density at radius 2 is 2.14 bits per heavy atom. The van der Waals surface area contributed by atoms with Gasteiger partial charge in [0.15, 0.2) is 5.15 Å². The number of hydrogen-bond donors (Lipinski definition) is 1. The van der Waals surface area contributed by atoms with Crippen LogP contribution in [0.4, 0.5) is 5.69 Å². The van der Waals surface area contributed by atoms with Gasteiger partial charge < -0.3 is 0 Å². The molecule has 2 heterocycles. The van der Waals surface area contributed by atoms with E-state index in [0.29, 0.717) is 18.7 Å². The first kappa shape index (κ1) is 14.3. The van der Waals surface area contributed by atoms with Crippen LogP contribution in [-0.2, 0) is 16.6 Å². The average Bonchev–Trinajstić information content (AvgIpc) is 3.04. The van der Waals surface area contributed by atoms with Gasteiger partial charge in [0.05, 0.1) is 11.2 Å². The molecule has 0 atom stereocenters. The van der Waals surface area contributed by atoms with E-state index in [-0.39, 0.29) is 10.0 Å². The third kappa shape index (κ3) is 2.61. The van der Waals surface area contributed by atoms with Gasteiger partial charge >= 0.3 is 10.2 Å². The molecule has 0 spiro atoms. The molecule has 0 aliphatic carbocycles. The van der Waals surface area contributed by atoms with Gasteiger partial charge in [-0.15, -0.1) is 11.3 Å². The summed E-state index contributed by atoms with van der Waals surface area (Å²) in [6.45, 7) is 0.304. The van der Waals surface area contributed by atoms with Crippen molar-refractivity contribution in [2.75, 3.05) is 10.8 Å². The van der Waals surface area contributed by atoms with Crippen LogP contribution in [0.5, 0.6) is 0 Å². The molecule has 1 N–H and O–H groups in total. The molecule has 2 aromatic rings. The van der Waals surface area contributed by atoms with Crippen LogP contribution in [0.3, 0.4) is 0 Å². The van der Waals surface area contributed by atoms with Crippen molar-refractivity contribution in [3.05, 3.63) is 45.4 Å². The number of carbonyl (C=O) groups is 1. The van der Waals surface area contributed by atoms with Crippen molar-refractivity contribution in [3.63, 3.8) is 0 Å². The number of carbonyl (C=O) groups excluding carboxylic acids is 1. The Morgan fingerprint density at radius 1 is 1.38 bits per heavy atom. The molecule has 1 aromatic heterocycles. The van der Waals surface area contributed by atoms with E-state index in [9.17, 15) is 13.2 Å². The third-order valence-corrected chi connectivity index (χ3v) is 5.71. The molecule has 0 fully saturated rings. The number of nitrogens with zero attached hydrogens (tertiary/aromatic N) is 2. The quantitative estimate of drug-likeness (QED) is 0.922. The molecule has 0 saturated carbocycles. The van der Waals surface area contributed by atoms with Gasteiger partial charge in [0.25, 0.3) is 5.91 Å². The van der Waals surface area contributed by atoms with Crippen LogP contribution in [0.1, 0.15) is 15.2 Å². The summed E-state index contributed by atoms with van der Waals surface area (Å²) in [6.07, 6.45) is 0.618. The second-order valence-electron chi connectivity index (χ2n) is 4.36. The smallest absolute Gasteiger partial charge is 0.267 e. The van der Waals surface area contributed by atoms with E-state index in [1.165, 1.54) is 9.82 Å². The number of halogens is 1. The molecule has 3 rings (SSSR count). The lowest BCUT2D eigenvalue weighted by atomic mass is 10.2. The zero-order valence-electron chi connectivity index (χ0n) is 10.6. The summed E-state index contributed by atoms with van der Waals surface area (Å²) in [5.74, 6) is -0.771. The number of thiazole rings is 1. The molecule has 9 heteroatoms. The number of aromatic nitrogens is 1. The summed E-state index contributed by atoms with van der Waals surface area (Å²) < 4.78 is 27.9. The summed E-state index contributed by atoms with van der Waals surface area (Å²) in [4.78, 5) is 15.8. The lowest BCUT2D eigenvalue weighted by Gasteiger charge is -2.19. The highest BCUT2D eigenvalue weighted by atomic mass is 35.5. The number of rotatable bonds is 3. The summed E-state index contributed by atoms with van der Waals surface area (Å²) in [7, 11) is -3.96. The van der Waals surface area contributed by atoms with E-state index >= 15 is 0 Å². The Morgan fingerprint density at radius 3 is 2.86 bits per heavy atom. The van der Waals surface area contributed by atoms with Crippen LogP contribution in [0.25, 0.3) is 0 Å². The second kappa shape index (κ2) is 5.28. The van der Waals surface area contributed by atoms with E-state index < -0.39 is 16.1 Å². The topological polar surface area (TPSA) is 79.4 Å². The molecular formula is C12H10ClN3O3S2. The number of para-hydroxylation sites is 1. The molecule has 0 bridgehead atoms. The molecule has 6 nitrogen and oxygen atoms in total. The minimum absolute atomic E-state index is 0.00507. The highest BCUT2D eigenvalue weighted by molar-refractivity contribution is 7.91. The lowest BCUT2D eigenvalue weighted by Crippen LogP contribution is -2.42. The number of fused-ring (bicyclic) bond motifs is 1. The van der Waals surface area contributed by atoms with Gasteiger partial charge in [-0.3, -0.25) is 9.10 Å². The van der Waals surface area contributed by atoms with Crippen molar-refractivity contribution in [1.82, 2.24) is 9.71 Å². The first-order chi connectivity index (χ1) is 9.99. The zero-order valence-corrected chi connectivity index (χ0v) is 13.0. The Hall–Kier alpha value is -1.64. The highest BCUT2D eigenvalue weighted by Crippen LogP contribution is 2.29. The fourth-order valence-corrected chi connectivity index (χ4v) is 4.33. The normalized spacial score (nSPS) is 14.0. The van der Waals surface area contributed by atoms with Crippen LogP contribution in [0.2, 0.25) is 5.15 Å². The molecule has 110 valence electrons. The molecular weight excluding hydrogens is 334 g/mol. The molecule has 1 aliphatic heterocycles. The summed E-state index contributed by atoms with van der Waals surface area (Å²) in [5, 5.41) is -0.00507. The first-order valence-electron chi connectivity index (χ1n) is 6.01. The van der Waals surface area contributed by atoms with Gasteiger partial charge in [0, 0.05) is 6.54 Å². The van der Waals surface area contributed by atoms with Gasteiger partial charge in [-0.1, -0.05) is 29.8 Å². The molecule has 0 radical (unpaired) electrons. The van der Waals surface area contributed by atoms with Gasteiger partial charge in [0.1, 0.15) is 4.88 Å².